The predicted octanol–water partition coefficient (Wildman–Crippen LogP) is 7.44. The molecule has 4 nitrogen and oxygen atoms in total. The van der Waals surface area contributed by atoms with Crippen LogP contribution in [0.4, 0.5) is 4.39 Å². The molecule has 1 fully saturated rings. The molecule has 3 aromatic carbocycles. The first-order valence-electron chi connectivity index (χ1n) is 14.9. The fourth-order valence-corrected chi connectivity index (χ4v) is 5.82. The number of benzene rings is 3. The van der Waals surface area contributed by atoms with E-state index in [4.69, 9.17) is 4.74 Å². The van der Waals surface area contributed by atoms with Crippen molar-refractivity contribution in [3.8, 4) is 11.1 Å². The number of amides is 1. The summed E-state index contributed by atoms with van der Waals surface area (Å²) in [5.74, 6) is 0.156. The zero-order valence-corrected chi connectivity index (χ0v) is 23.8. The number of ether oxygens (including phenoxy) is 1. The van der Waals surface area contributed by atoms with Crippen molar-refractivity contribution in [1.29, 1.82) is 0 Å². The van der Waals surface area contributed by atoms with Gasteiger partial charge in [0.25, 0.3) is 0 Å². The summed E-state index contributed by atoms with van der Waals surface area (Å²) in [5.41, 5.74) is 4.39. The lowest BCUT2D eigenvalue weighted by Gasteiger charge is -2.30. The summed E-state index contributed by atoms with van der Waals surface area (Å²) in [7, 11) is 0. The third-order valence-electron chi connectivity index (χ3n) is 8.18. The van der Waals surface area contributed by atoms with Crippen LogP contribution in [0.1, 0.15) is 63.0 Å². The van der Waals surface area contributed by atoms with Crippen molar-refractivity contribution in [2.24, 2.45) is 11.8 Å². The van der Waals surface area contributed by atoms with Gasteiger partial charge in [0.1, 0.15) is 5.82 Å². The number of hydrogen-bond acceptors (Lipinski definition) is 3. The van der Waals surface area contributed by atoms with Crippen LogP contribution >= 0.6 is 0 Å². The molecule has 1 aliphatic rings. The smallest absolute Gasteiger partial charge is 0.226 e. The minimum absolute atomic E-state index is 0.0305. The van der Waals surface area contributed by atoms with Crippen molar-refractivity contribution in [3.63, 3.8) is 0 Å². The second kappa shape index (κ2) is 15.7. The number of aliphatic hydroxyl groups is 1. The Morgan fingerprint density at radius 3 is 2.35 bits per heavy atom. The molecular weight excluding hydrogens is 501 g/mol. The summed E-state index contributed by atoms with van der Waals surface area (Å²) in [6.45, 7) is 4.20. The van der Waals surface area contributed by atoms with E-state index in [1.807, 2.05) is 23.1 Å². The molecule has 0 bridgehead atoms. The molecule has 4 rings (SSSR count). The number of rotatable bonds is 15. The van der Waals surface area contributed by atoms with Crippen molar-refractivity contribution in [1.82, 2.24) is 4.90 Å². The molecule has 3 aromatic rings. The van der Waals surface area contributed by atoms with E-state index in [0.29, 0.717) is 19.1 Å². The van der Waals surface area contributed by atoms with E-state index in [0.717, 1.165) is 74.6 Å². The molecule has 0 unspecified atom stereocenters. The van der Waals surface area contributed by atoms with E-state index in [1.54, 1.807) is 12.1 Å². The summed E-state index contributed by atoms with van der Waals surface area (Å²) in [4.78, 5) is 15.8. The van der Waals surface area contributed by atoms with Gasteiger partial charge in [-0.25, -0.2) is 4.39 Å². The zero-order chi connectivity index (χ0) is 28.2. The number of halogens is 1. The van der Waals surface area contributed by atoms with Crippen molar-refractivity contribution >= 4 is 5.91 Å². The highest BCUT2D eigenvalue weighted by molar-refractivity contribution is 5.79. The molecule has 3 atom stereocenters. The molecule has 0 saturated carbocycles. The first-order valence-corrected chi connectivity index (χ1v) is 14.9. The second-order valence-electron chi connectivity index (χ2n) is 11.2. The third-order valence-corrected chi connectivity index (χ3v) is 8.18. The maximum atomic E-state index is 13.9. The average molecular weight is 546 g/mol. The number of carbonyl (C=O) groups is 1. The van der Waals surface area contributed by atoms with Gasteiger partial charge in [-0.15, -0.1) is 0 Å². The first kappa shape index (κ1) is 30.0. The largest absolute Gasteiger partial charge is 0.394 e. The maximum Gasteiger partial charge on any atom is 0.226 e. The van der Waals surface area contributed by atoms with Crippen LogP contribution < -0.4 is 0 Å². The minimum Gasteiger partial charge on any atom is -0.394 e. The number of aliphatic hydroxyl groups excluding tert-OH is 1. The third kappa shape index (κ3) is 8.74. The quantitative estimate of drug-likeness (QED) is 0.216. The average Bonchev–Trinajstić information content (AvgIpc) is 3.48. The lowest BCUT2D eigenvalue weighted by atomic mass is 9.86. The van der Waals surface area contributed by atoms with Gasteiger partial charge >= 0.3 is 0 Å². The van der Waals surface area contributed by atoms with Crippen LogP contribution in [0.15, 0.2) is 78.9 Å². The summed E-state index contributed by atoms with van der Waals surface area (Å²) >= 11 is 0. The number of hydrogen-bond donors (Lipinski definition) is 1. The van der Waals surface area contributed by atoms with Gasteiger partial charge in [-0.05, 0) is 78.8 Å². The Labute approximate surface area is 239 Å². The Bertz CT molecular complexity index is 1150. The van der Waals surface area contributed by atoms with Gasteiger partial charge in [-0.2, -0.15) is 0 Å². The van der Waals surface area contributed by atoms with Crippen LogP contribution in [-0.2, 0) is 22.6 Å². The number of aryl methyl sites for hydroxylation is 1. The van der Waals surface area contributed by atoms with E-state index in [-0.39, 0.29) is 30.3 Å². The van der Waals surface area contributed by atoms with Crippen LogP contribution in [0.2, 0.25) is 0 Å². The molecule has 1 heterocycles. The van der Waals surface area contributed by atoms with Crippen molar-refractivity contribution in [2.45, 2.75) is 70.9 Å². The minimum atomic E-state index is -0.236. The van der Waals surface area contributed by atoms with Crippen LogP contribution in [0.5, 0.6) is 0 Å². The predicted molar refractivity (Wildman–Crippen MR) is 159 cm³/mol. The molecular formula is C35H44FNO3. The van der Waals surface area contributed by atoms with E-state index in [1.165, 1.54) is 17.7 Å². The normalized spacial score (nSPS) is 16.7. The molecule has 1 amide bonds. The topological polar surface area (TPSA) is 49.8 Å². The van der Waals surface area contributed by atoms with Gasteiger partial charge in [0, 0.05) is 19.1 Å². The SMILES string of the molecule is CCCC[C@@H](COCc1ccccc1)C[C@@H](CCc1ccc(-c2ccc(F)cc2)cc1)C(=O)N1CCC[C@H]1CO. The molecule has 5 heteroatoms. The van der Waals surface area contributed by atoms with Crippen molar-refractivity contribution in [3.05, 3.63) is 95.8 Å². The highest BCUT2D eigenvalue weighted by Gasteiger charge is 2.33. The zero-order valence-electron chi connectivity index (χ0n) is 23.8. The standard InChI is InChI=1S/C35H44FNO3/c1-2-3-8-29(26-40-25-28-9-5-4-6-10-28)23-32(35(39)37-22-7-11-34(37)24-38)17-14-27-12-15-30(16-13-27)31-18-20-33(36)21-19-31/h4-6,9-10,12-13,15-16,18-21,29,32,34,38H,2-3,7-8,11,14,17,22-26H2,1H3/t29-,32-,34+/m1/s1. The number of carbonyl (C=O) groups excluding carboxylic acids is 1. The fourth-order valence-electron chi connectivity index (χ4n) is 5.82. The molecule has 0 radical (unpaired) electrons. The van der Waals surface area contributed by atoms with Gasteiger partial charge < -0.3 is 14.7 Å². The molecule has 1 N–H and O–H groups in total. The van der Waals surface area contributed by atoms with E-state index in [2.05, 4.69) is 43.3 Å². The molecule has 1 saturated heterocycles. The second-order valence-corrected chi connectivity index (χ2v) is 11.2. The highest BCUT2D eigenvalue weighted by atomic mass is 19.1. The number of unbranched alkanes of at least 4 members (excludes halogenated alkanes) is 1. The van der Waals surface area contributed by atoms with E-state index >= 15 is 0 Å². The van der Waals surface area contributed by atoms with Gasteiger partial charge in [-0.3, -0.25) is 4.79 Å². The van der Waals surface area contributed by atoms with E-state index in [9.17, 15) is 14.3 Å². The molecule has 0 aliphatic carbocycles. The van der Waals surface area contributed by atoms with Gasteiger partial charge in [0.05, 0.1) is 19.3 Å². The summed E-state index contributed by atoms with van der Waals surface area (Å²) in [6, 6.07) is 25.1. The highest BCUT2D eigenvalue weighted by Crippen LogP contribution is 2.29. The Kier molecular flexibility index (Phi) is 11.7. The molecule has 40 heavy (non-hydrogen) atoms. The van der Waals surface area contributed by atoms with Crippen LogP contribution in [0.3, 0.4) is 0 Å². The molecule has 1 aliphatic heterocycles. The van der Waals surface area contributed by atoms with Crippen LogP contribution in [0.25, 0.3) is 11.1 Å². The molecule has 214 valence electrons. The summed E-state index contributed by atoms with van der Waals surface area (Å²) in [5, 5.41) is 9.90. The van der Waals surface area contributed by atoms with Crippen LogP contribution in [-0.4, -0.2) is 41.7 Å². The van der Waals surface area contributed by atoms with Gasteiger partial charge in [0.15, 0.2) is 0 Å². The number of nitrogens with zero attached hydrogens (tertiary/aromatic N) is 1. The lowest BCUT2D eigenvalue weighted by molar-refractivity contribution is -0.138. The Morgan fingerprint density at radius 1 is 0.975 bits per heavy atom. The summed E-state index contributed by atoms with van der Waals surface area (Å²) < 4.78 is 19.5. The maximum absolute atomic E-state index is 13.9. The monoisotopic (exact) mass is 545 g/mol. The Morgan fingerprint density at radius 2 is 1.68 bits per heavy atom. The number of likely N-dealkylation sites (tertiary alicyclic amines) is 1. The molecule has 0 spiro atoms. The lowest BCUT2D eigenvalue weighted by Crippen LogP contribution is -2.42. The fraction of sp³-hybridized carbons (Fsp3) is 0.457. The van der Waals surface area contributed by atoms with Gasteiger partial charge in [-0.1, -0.05) is 86.5 Å². The van der Waals surface area contributed by atoms with Crippen molar-refractivity contribution in [2.75, 3.05) is 19.8 Å². The van der Waals surface area contributed by atoms with Gasteiger partial charge in [0.2, 0.25) is 5.91 Å². The first-order chi connectivity index (χ1) is 19.6. The van der Waals surface area contributed by atoms with Crippen LogP contribution in [0, 0.1) is 17.7 Å². The Hall–Kier alpha value is -3.02. The molecule has 0 aromatic heterocycles. The Balaban J connectivity index is 1.43. The van der Waals surface area contributed by atoms with E-state index < -0.39 is 0 Å². The summed E-state index contributed by atoms with van der Waals surface area (Å²) in [6.07, 6.45) is 7.49. The van der Waals surface area contributed by atoms with Crippen molar-refractivity contribution < 1.29 is 19.0 Å².